The zero-order valence-corrected chi connectivity index (χ0v) is 7.03. The van der Waals surface area contributed by atoms with Crippen LogP contribution in [0.1, 0.15) is 18.4 Å². The second-order valence-corrected chi connectivity index (χ2v) is 2.50. The van der Waals surface area contributed by atoms with E-state index in [0.717, 1.165) is 17.9 Å². The summed E-state index contributed by atoms with van der Waals surface area (Å²) in [6, 6.07) is 0. The summed E-state index contributed by atoms with van der Waals surface area (Å²) in [7, 11) is 0. The van der Waals surface area contributed by atoms with Gasteiger partial charge in [0.25, 0.3) is 4.80 Å². The van der Waals surface area contributed by atoms with E-state index in [2.05, 4.69) is 27.8 Å². The SMILES string of the molecule is CCc1nc(Br)oc1C. The van der Waals surface area contributed by atoms with E-state index in [0.29, 0.717) is 4.80 Å². The molecule has 3 heteroatoms. The van der Waals surface area contributed by atoms with Crippen molar-refractivity contribution >= 4 is 15.9 Å². The molecule has 50 valence electrons. The molecule has 1 rings (SSSR count). The Bertz CT molecular complexity index is 207. The molecule has 2 nitrogen and oxygen atoms in total. The van der Waals surface area contributed by atoms with Crippen LogP contribution in [-0.4, -0.2) is 4.98 Å². The Morgan fingerprint density at radius 3 is 2.56 bits per heavy atom. The van der Waals surface area contributed by atoms with Gasteiger partial charge in [0.05, 0.1) is 5.69 Å². The standard InChI is InChI=1S/C6H8BrNO/c1-3-5-4(2)9-6(7)8-5/h3H2,1-2H3. The molecule has 1 heterocycles. The van der Waals surface area contributed by atoms with Crippen LogP contribution >= 0.6 is 15.9 Å². The fourth-order valence-electron chi connectivity index (χ4n) is 0.721. The molecule has 0 fully saturated rings. The van der Waals surface area contributed by atoms with Gasteiger partial charge in [0.1, 0.15) is 5.76 Å². The van der Waals surface area contributed by atoms with Gasteiger partial charge in [-0.1, -0.05) is 6.92 Å². The van der Waals surface area contributed by atoms with Gasteiger partial charge in [-0.2, -0.15) is 0 Å². The molecule has 0 atom stereocenters. The van der Waals surface area contributed by atoms with E-state index in [1.54, 1.807) is 0 Å². The number of rotatable bonds is 1. The summed E-state index contributed by atoms with van der Waals surface area (Å²) in [5.41, 5.74) is 1.03. The molecule has 0 aliphatic rings. The highest BCUT2D eigenvalue weighted by Gasteiger charge is 2.02. The fraction of sp³-hybridized carbons (Fsp3) is 0.500. The highest BCUT2D eigenvalue weighted by molar-refractivity contribution is 9.10. The third-order valence-corrected chi connectivity index (χ3v) is 1.54. The van der Waals surface area contributed by atoms with E-state index in [1.807, 2.05) is 6.92 Å². The molecule has 0 aliphatic carbocycles. The van der Waals surface area contributed by atoms with Gasteiger partial charge in [-0.05, 0) is 13.3 Å². The molecule has 0 spiro atoms. The monoisotopic (exact) mass is 189 g/mol. The number of nitrogens with zero attached hydrogens (tertiary/aromatic N) is 1. The second kappa shape index (κ2) is 2.52. The van der Waals surface area contributed by atoms with Crippen molar-refractivity contribution in [1.82, 2.24) is 4.98 Å². The minimum absolute atomic E-state index is 0.580. The van der Waals surface area contributed by atoms with Crippen LogP contribution in [0.2, 0.25) is 0 Å². The Morgan fingerprint density at radius 2 is 2.33 bits per heavy atom. The van der Waals surface area contributed by atoms with Gasteiger partial charge in [-0.25, -0.2) is 4.98 Å². The molecule has 0 aromatic carbocycles. The number of hydrogen-bond donors (Lipinski definition) is 0. The van der Waals surface area contributed by atoms with Gasteiger partial charge in [0.15, 0.2) is 0 Å². The van der Waals surface area contributed by atoms with Crippen molar-refractivity contribution in [3.63, 3.8) is 0 Å². The van der Waals surface area contributed by atoms with E-state index in [9.17, 15) is 0 Å². The van der Waals surface area contributed by atoms with Crippen LogP contribution in [0.15, 0.2) is 9.22 Å². The molecule has 0 amide bonds. The fourth-order valence-corrected chi connectivity index (χ4v) is 1.18. The highest BCUT2D eigenvalue weighted by atomic mass is 79.9. The van der Waals surface area contributed by atoms with Gasteiger partial charge < -0.3 is 4.42 Å². The lowest BCUT2D eigenvalue weighted by molar-refractivity contribution is 0.499. The Kier molecular flexibility index (Phi) is 1.90. The molecular formula is C6H8BrNO. The first kappa shape index (κ1) is 6.81. The number of oxazole rings is 1. The van der Waals surface area contributed by atoms with Crippen molar-refractivity contribution in [2.75, 3.05) is 0 Å². The molecule has 0 radical (unpaired) electrons. The largest absolute Gasteiger partial charge is 0.436 e. The zero-order valence-electron chi connectivity index (χ0n) is 5.44. The minimum Gasteiger partial charge on any atom is -0.436 e. The minimum atomic E-state index is 0.580. The number of aryl methyl sites for hydroxylation is 2. The van der Waals surface area contributed by atoms with E-state index in [-0.39, 0.29) is 0 Å². The Morgan fingerprint density at radius 1 is 1.67 bits per heavy atom. The van der Waals surface area contributed by atoms with Gasteiger partial charge in [-0.3, -0.25) is 0 Å². The number of hydrogen-bond acceptors (Lipinski definition) is 2. The molecular weight excluding hydrogens is 182 g/mol. The third-order valence-electron chi connectivity index (χ3n) is 1.20. The number of aromatic nitrogens is 1. The van der Waals surface area contributed by atoms with E-state index >= 15 is 0 Å². The molecule has 0 saturated carbocycles. The first-order valence-corrected chi connectivity index (χ1v) is 3.65. The van der Waals surface area contributed by atoms with Crippen molar-refractivity contribution in [1.29, 1.82) is 0 Å². The first-order chi connectivity index (χ1) is 4.24. The van der Waals surface area contributed by atoms with Gasteiger partial charge in [0, 0.05) is 15.9 Å². The smallest absolute Gasteiger partial charge is 0.264 e. The summed E-state index contributed by atoms with van der Waals surface area (Å²) in [5.74, 6) is 0.907. The summed E-state index contributed by atoms with van der Waals surface area (Å²) < 4.78 is 5.11. The van der Waals surface area contributed by atoms with Crippen molar-refractivity contribution < 1.29 is 4.42 Å². The quantitative estimate of drug-likeness (QED) is 0.678. The predicted molar refractivity (Wildman–Crippen MR) is 38.3 cm³/mol. The molecule has 9 heavy (non-hydrogen) atoms. The predicted octanol–water partition coefficient (Wildman–Crippen LogP) is 2.31. The zero-order chi connectivity index (χ0) is 6.85. The Hall–Kier alpha value is -0.310. The van der Waals surface area contributed by atoms with E-state index < -0.39 is 0 Å². The average Bonchev–Trinajstić information content (AvgIpc) is 2.10. The van der Waals surface area contributed by atoms with Crippen molar-refractivity contribution in [3.05, 3.63) is 16.3 Å². The van der Waals surface area contributed by atoms with Crippen molar-refractivity contribution in [2.45, 2.75) is 20.3 Å². The normalized spacial score (nSPS) is 10.1. The molecule has 0 N–H and O–H groups in total. The van der Waals surface area contributed by atoms with Gasteiger partial charge in [-0.15, -0.1) is 0 Å². The maximum atomic E-state index is 5.11. The maximum Gasteiger partial charge on any atom is 0.264 e. The molecule has 1 aromatic rings. The summed E-state index contributed by atoms with van der Waals surface area (Å²) in [5, 5.41) is 0. The van der Waals surface area contributed by atoms with Crippen molar-refractivity contribution in [3.8, 4) is 0 Å². The van der Waals surface area contributed by atoms with Crippen LogP contribution in [-0.2, 0) is 6.42 Å². The molecule has 0 saturated heterocycles. The summed E-state index contributed by atoms with van der Waals surface area (Å²) in [4.78, 5) is 4.66. The topological polar surface area (TPSA) is 26.0 Å². The first-order valence-electron chi connectivity index (χ1n) is 2.86. The molecule has 0 unspecified atom stereocenters. The van der Waals surface area contributed by atoms with Crippen LogP contribution in [0.25, 0.3) is 0 Å². The van der Waals surface area contributed by atoms with Crippen LogP contribution in [0, 0.1) is 6.92 Å². The highest BCUT2D eigenvalue weighted by Crippen LogP contribution is 2.14. The lowest BCUT2D eigenvalue weighted by atomic mass is 10.3. The van der Waals surface area contributed by atoms with Gasteiger partial charge in [0.2, 0.25) is 0 Å². The number of halogens is 1. The van der Waals surface area contributed by atoms with Crippen molar-refractivity contribution in [2.24, 2.45) is 0 Å². The Labute approximate surface area is 62.4 Å². The average molecular weight is 190 g/mol. The lowest BCUT2D eigenvalue weighted by Gasteiger charge is -1.83. The van der Waals surface area contributed by atoms with Crippen LogP contribution in [0.4, 0.5) is 0 Å². The molecule has 1 aromatic heterocycles. The van der Waals surface area contributed by atoms with Crippen LogP contribution < -0.4 is 0 Å². The third kappa shape index (κ3) is 1.33. The lowest BCUT2D eigenvalue weighted by Crippen LogP contribution is -1.80. The van der Waals surface area contributed by atoms with Gasteiger partial charge >= 0.3 is 0 Å². The summed E-state index contributed by atoms with van der Waals surface area (Å²) in [6.07, 6.45) is 0.931. The maximum absolute atomic E-state index is 5.11. The summed E-state index contributed by atoms with van der Waals surface area (Å²) in [6.45, 7) is 3.97. The van der Waals surface area contributed by atoms with Crippen LogP contribution in [0.5, 0.6) is 0 Å². The summed E-state index contributed by atoms with van der Waals surface area (Å²) >= 11 is 3.15. The van der Waals surface area contributed by atoms with E-state index in [4.69, 9.17) is 4.42 Å². The Balaban J connectivity index is 3.01. The molecule has 0 bridgehead atoms. The van der Waals surface area contributed by atoms with Crippen LogP contribution in [0.3, 0.4) is 0 Å². The van der Waals surface area contributed by atoms with E-state index in [1.165, 1.54) is 0 Å². The molecule has 0 aliphatic heterocycles. The second-order valence-electron chi connectivity index (χ2n) is 1.82.